The van der Waals surface area contributed by atoms with E-state index in [4.69, 9.17) is 11.6 Å². The molecule has 0 amide bonds. The highest BCUT2D eigenvalue weighted by Gasteiger charge is 2.28. The zero-order valence-electron chi connectivity index (χ0n) is 8.30. The van der Waals surface area contributed by atoms with Gasteiger partial charge in [-0.3, -0.25) is 0 Å². The van der Waals surface area contributed by atoms with Crippen LogP contribution in [-0.2, 0) is 0 Å². The Balaban J connectivity index is 2.61. The van der Waals surface area contributed by atoms with Crippen molar-refractivity contribution in [2.45, 2.75) is 16.8 Å². The van der Waals surface area contributed by atoms with E-state index in [0.717, 1.165) is 12.0 Å². The van der Waals surface area contributed by atoms with Gasteiger partial charge in [0.2, 0.25) is 0 Å². The lowest BCUT2D eigenvalue weighted by Gasteiger charge is -2.05. The molecule has 0 N–H and O–H groups in total. The Morgan fingerprint density at radius 3 is 2.31 bits per heavy atom. The number of hydrogen-bond acceptors (Lipinski definition) is 1. The zero-order chi connectivity index (χ0) is 12.0. The Hall–Kier alpha value is -0.610. The minimum atomic E-state index is -4.23. The second-order valence-corrected chi connectivity index (χ2v) is 4.51. The summed E-state index contributed by atoms with van der Waals surface area (Å²) in [6, 6.07) is 6.22. The molecule has 0 atom stereocenters. The van der Waals surface area contributed by atoms with Gasteiger partial charge in [-0.25, -0.2) is 0 Å². The topological polar surface area (TPSA) is 0 Å². The standard InChI is InChI=1S/C11H10ClF3S/c12-8-2-1-3-9-4-6-10(7-5-9)16-11(13,14)15/h1,3-7H,2,8H2. The third-order valence-corrected chi connectivity index (χ3v) is 2.66. The van der Waals surface area contributed by atoms with Crippen molar-refractivity contribution in [1.82, 2.24) is 0 Å². The van der Waals surface area contributed by atoms with Crippen LogP contribution >= 0.6 is 23.4 Å². The highest BCUT2D eigenvalue weighted by atomic mass is 35.5. The summed E-state index contributed by atoms with van der Waals surface area (Å²) in [6.45, 7) is 0. The maximum Gasteiger partial charge on any atom is 0.446 e. The SMILES string of the molecule is FC(F)(F)Sc1ccc(C=CCCCl)cc1. The number of benzene rings is 1. The van der Waals surface area contributed by atoms with Gasteiger partial charge in [-0.1, -0.05) is 24.3 Å². The normalized spacial score (nSPS) is 12.2. The molecule has 1 aromatic rings. The van der Waals surface area contributed by atoms with Crippen LogP contribution in [0.5, 0.6) is 0 Å². The molecule has 0 nitrogen and oxygen atoms in total. The van der Waals surface area contributed by atoms with Crippen LogP contribution in [0, 0.1) is 0 Å². The summed E-state index contributed by atoms with van der Waals surface area (Å²) >= 11 is 5.38. The Morgan fingerprint density at radius 1 is 1.19 bits per heavy atom. The number of thioether (sulfide) groups is 1. The van der Waals surface area contributed by atoms with E-state index < -0.39 is 5.51 Å². The average Bonchev–Trinajstić information content (AvgIpc) is 2.19. The lowest BCUT2D eigenvalue weighted by molar-refractivity contribution is -0.0328. The molecule has 0 bridgehead atoms. The second kappa shape index (κ2) is 6.21. The van der Waals surface area contributed by atoms with Crippen molar-refractivity contribution in [3.63, 3.8) is 0 Å². The number of allylic oxidation sites excluding steroid dienone is 1. The number of rotatable bonds is 4. The summed E-state index contributed by atoms with van der Waals surface area (Å²) < 4.78 is 36.1. The average molecular weight is 267 g/mol. The van der Waals surface area contributed by atoms with Gasteiger partial charge in [0.1, 0.15) is 0 Å². The minimum absolute atomic E-state index is 0.107. The Kier molecular flexibility index (Phi) is 5.22. The first-order chi connectivity index (χ1) is 7.51. The fourth-order valence-electron chi connectivity index (χ4n) is 1.06. The Labute approximate surface area is 101 Å². The van der Waals surface area contributed by atoms with Gasteiger partial charge in [0.15, 0.2) is 0 Å². The van der Waals surface area contributed by atoms with E-state index >= 15 is 0 Å². The predicted molar refractivity (Wildman–Crippen MR) is 62.7 cm³/mol. The van der Waals surface area contributed by atoms with Crippen LogP contribution in [0.25, 0.3) is 6.08 Å². The monoisotopic (exact) mass is 266 g/mol. The van der Waals surface area contributed by atoms with Crippen LogP contribution in [0.1, 0.15) is 12.0 Å². The molecule has 0 spiro atoms. The summed E-state index contributed by atoms with van der Waals surface area (Å²) in [7, 11) is 0. The lowest BCUT2D eigenvalue weighted by Crippen LogP contribution is -1.98. The fraction of sp³-hybridized carbons (Fsp3) is 0.273. The number of hydrogen-bond donors (Lipinski definition) is 0. The van der Waals surface area contributed by atoms with Gasteiger partial charge in [0, 0.05) is 10.8 Å². The highest BCUT2D eigenvalue weighted by molar-refractivity contribution is 8.00. The predicted octanol–water partition coefficient (Wildman–Crippen LogP) is 4.94. The quantitative estimate of drug-likeness (QED) is 0.549. The maximum absolute atomic E-state index is 12.0. The van der Waals surface area contributed by atoms with Crippen LogP contribution in [0.15, 0.2) is 35.2 Å². The molecule has 0 aromatic heterocycles. The molecule has 0 aliphatic rings. The van der Waals surface area contributed by atoms with Crippen molar-refractivity contribution in [3.05, 3.63) is 35.9 Å². The molecular weight excluding hydrogens is 257 g/mol. The fourth-order valence-corrected chi connectivity index (χ4v) is 1.73. The molecule has 88 valence electrons. The minimum Gasteiger partial charge on any atom is -0.160 e. The van der Waals surface area contributed by atoms with Crippen LogP contribution in [0.3, 0.4) is 0 Å². The van der Waals surface area contributed by atoms with Crippen LogP contribution in [0.4, 0.5) is 13.2 Å². The molecule has 16 heavy (non-hydrogen) atoms. The van der Waals surface area contributed by atoms with Crippen molar-refractivity contribution in [3.8, 4) is 0 Å². The van der Waals surface area contributed by atoms with E-state index in [0.29, 0.717) is 5.88 Å². The van der Waals surface area contributed by atoms with Gasteiger partial charge in [-0.05, 0) is 35.9 Å². The van der Waals surface area contributed by atoms with Crippen LogP contribution in [-0.4, -0.2) is 11.4 Å². The van der Waals surface area contributed by atoms with Crippen molar-refractivity contribution in [2.75, 3.05) is 5.88 Å². The molecular formula is C11H10ClF3S. The summed E-state index contributed by atoms with van der Waals surface area (Å²) in [4.78, 5) is 0.196. The number of halogens is 4. The van der Waals surface area contributed by atoms with Gasteiger partial charge in [-0.15, -0.1) is 11.6 Å². The summed E-state index contributed by atoms with van der Waals surface area (Å²) in [5.41, 5.74) is -3.35. The molecule has 0 radical (unpaired) electrons. The Morgan fingerprint density at radius 2 is 1.81 bits per heavy atom. The highest BCUT2D eigenvalue weighted by Crippen LogP contribution is 2.36. The van der Waals surface area contributed by atoms with E-state index in [1.165, 1.54) is 12.1 Å². The van der Waals surface area contributed by atoms with Crippen molar-refractivity contribution in [2.24, 2.45) is 0 Å². The molecule has 1 aromatic carbocycles. The first-order valence-corrected chi connectivity index (χ1v) is 5.95. The van der Waals surface area contributed by atoms with E-state index in [1.54, 1.807) is 12.1 Å². The molecule has 0 unspecified atom stereocenters. The van der Waals surface area contributed by atoms with E-state index in [-0.39, 0.29) is 16.7 Å². The molecule has 5 heteroatoms. The van der Waals surface area contributed by atoms with Gasteiger partial charge in [0.25, 0.3) is 0 Å². The molecule has 0 fully saturated rings. The third kappa shape index (κ3) is 5.47. The van der Waals surface area contributed by atoms with Crippen molar-refractivity contribution in [1.29, 1.82) is 0 Å². The molecule has 0 saturated heterocycles. The zero-order valence-corrected chi connectivity index (χ0v) is 9.87. The number of alkyl halides is 4. The summed E-state index contributed by atoms with van der Waals surface area (Å²) in [5, 5.41) is 0. The summed E-state index contributed by atoms with van der Waals surface area (Å²) in [5.74, 6) is 0.540. The van der Waals surface area contributed by atoms with Crippen molar-refractivity contribution < 1.29 is 13.2 Å². The van der Waals surface area contributed by atoms with Gasteiger partial charge in [0.05, 0.1) is 0 Å². The maximum atomic E-state index is 12.0. The molecule has 0 aliphatic carbocycles. The van der Waals surface area contributed by atoms with Crippen molar-refractivity contribution >= 4 is 29.4 Å². The van der Waals surface area contributed by atoms with Gasteiger partial charge < -0.3 is 0 Å². The van der Waals surface area contributed by atoms with Crippen LogP contribution < -0.4 is 0 Å². The van der Waals surface area contributed by atoms with E-state index in [2.05, 4.69) is 0 Å². The second-order valence-electron chi connectivity index (χ2n) is 3.00. The molecule has 0 heterocycles. The molecule has 0 aliphatic heterocycles. The van der Waals surface area contributed by atoms with E-state index in [9.17, 15) is 13.2 Å². The smallest absolute Gasteiger partial charge is 0.160 e. The largest absolute Gasteiger partial charge is 0.446 e. The van der Waals surface area contributed by atoms with Gasteiger partial charge >= 0.3 is 5.51 Å². The Bertz CT molecular complexity index is 343. The van der Waals surface area contributed by atoms with Gasteiger partial charge in [-0.2, -0.15) is 13.2 Å². The third-order valence-electron chi connectivity index (χ3n) is 1.70. The lowest BCUT2D eigenvalue weighted by atomic mass is 10.2. The van der Waals surface area contributed by atoms with E-state index in [1.807, 2.05) is 12.2 Å². The first-order valence-electron chi connectivity index (χ1n) is 4.59. The first kappa shape index (κ1) is 13.5. The molecule has 0 saturated carbocycles. The van der Waals surface area contributed by atoms with Crippen LogP contribution in [0.2, 0.25) is 0 Å². The molecule has 1 rings (SSSR count). The summed E-state index contributed by atoms with van der Waals surface area (Å²) in [6.07, 6.45) is 4.48.